The number of thioether (sulfide) groups is 1. The van der Waals surface area contributed by atoms with Crippen LogP contribution in [0.2, 0.25) is 0 Å². The van der Waals surface area contributed by atoms with Crippen LogP contribution in [0, 0.1) is 0 Å². The highest BCUT2D eigenvalue weighted by Crippen LogP contribution is 2.32. The lowest BCUT2D eigenvalue weighted by Crippen LogP contribution is -2.29. The number of fused-ring (bicyclic) bond motifs is 1. The Balaban J connectivity index is 1.53. The highest BCUT2D eigenvalue weighted by molar-refractivity contribution is 7.98. The number of esters is 1. The molecule has 1 heterocycles. The average Bonchev–Trinajstić information content (AvgIpc) is 2.72. The van der Waals surface area contributed by atoms with Gasteiger partial charge in [-0.3, -0.25) is 4.79 Å². The van der Waals surface area contributed by atoms with Gasteiger partial charge in [0.15, 0.2) is 17.6 Å². The molecular formula is C21H21NO5S. The Labute approximate surface area is 167 Å². The third kappa shape index (κ3) is 5.29. The summed E-state index contributed by atoms with van der Waals surface area (Å²) in [6.45, 7) is 2.48. The van der Waals surface area contributed by atoms with E-state index in [1.807, 2.05) is 30.5 Å². The number of nitrogens with one attached hydrogen (secondary N) is 1. The fourth-order valence-electron chi connectivity index (χ4n) is 2.51. The van der Waals surface area contributed by atoms with Crippen LogP contribution in [-0.4, -0.2) is 37.4 Å². The number of hydrogen-bond acceptors (Lipinski definition) is 6. The van der Waals surface area contributed by atoms with E-state index >= 15 is 0 Å². The van der Waals surface area contributed by atoms with Crippen LogP contribution < -0.4 is 14.8 Å². The number of benzene rings is 2. The van der Waals surface area contributed by atoms with Crippen LogP contribution in [0.25, 0.3) is 6.08 Å². The Hall–Kier alpha value is -2.93. The molecule has 1 amide bonds. The van der Waals surface area contributed by atoms with Crippen molar-refractivity contribution in [1.29, 1.82) is 0 Å². The highest BCUT2D eigenvalue weighted by Gasteiger charge is 2.18. The largest absolute Gasteiger partial charge is 0.486 e. The van der Waals surface area contributed by atoms with Crippen LogP contribution in [-0.2, 0) is 14.3 Å². The second kappa shape index (κ2) is 9.32. The molecule has 0 bridgehead atoms. The molecule has 1 aliphatic rings. The molecule has 1 aliphatic heterocycles. The SMILES string of the molecule is CSc1ccc(/C=C/C(=O)O[C@@H](C)C(=O)Nc2ccc3c(c2)OCCO3)cc1. The Bertz CT molecular complexity index is 879. The van der Waals surface area contributed by atoms with E-state index in [2.05, 4.69) is 5.32 Å². The van der Waals surface area contributed by atoms with E-state index in [0.717, 1.165) is 10.5 Å². The zero-order chi connectivity index (χ0) is 19.9. The number of hydrogen-bond donors (Lipinski definition) is 1. The van der Waals surface area contributed by atoms with E-state index in [0.29, 0.717) is 30.4 Å². The minimum Gasteiger partial charge on any atom is -0.486 e. The average molecular weight is 399 g/mol. The van der Waals surface area contributed by atoms with Gasteiger partial charge in [-0.2, -0.15) is 0 Å². The lowest BCUT2D eigenvalue weighted by atomic mass is 10.2. The van der Waals surface area contributed by atoms with Crippen molar-refractivity contribution in [2.45, 2.75) is 17.9 Å². The molecule has 0 radical (unpaired) electrons. The van der Waals surface area contributed by atoms with Crippen molar-refractivity contribution in [3.05, 3.63) is 54.1 Å². The Kier molecular flexibility index (Phi) is 6.60. The fraction of sp³-hybridized carbons (Fsp3) is 0.238. The Morgan fingerprint density at radius 2 is 1.82 bits per heavy atom. The molecule has 0 spiro atoms. The minimum atomic E-state index is -0.941. The summed E-state index contributed by atoms with van der Waals surface area (Å²) in [6, 6.07) is 12.9. The molecule has 0 saturated carbocycles. The number of carbonyl (C=O) groups excluding carboxylic acids is 2. The van der Waals surface area contributed by atoms with Crippen molar-refractivity contribution in [2.75, 3.05) is 24.8 Å². The number of carbonyl (C=O) groups is 2. The Morgan fingerprint density at radius 1 is 1.11 bits per heavy atom. The summed E-state index contributed by atoms with van der Waals surface area (Å²) in [5.74, 6) is 0.199. The van der Waals surface area contributed by atoms with Gasteiger partial charge in [-0.25, -0.2) is 4.79 Å². The molecule has 6 nitrogen and oxygen atoms in total. The van der Waals surface area contributed by atoms with Crippen LogP contribution >= 0.6 is 11.8 Å². The summed E-state index contributed by atoms with van der Waals surface area (Å²) in [6.07, 6.45) is 4.02. The molecule has 2 aromatic rings. The van der Waals surface area contributed by atoms with E-state index in [-0.39, 0.29) is 0 Å². The maximum absolute atomic E-state index is 12.3. The van der Waals surface area contributed by atoms with Gasteiger partial charge < -0.3 is 19.5 Å². The minimum absolute atomic E-state index is 0.428. The maximum Gasteiger partial charge on any atom is 0.331 e. The van der Waals surface area contributed by atoms with Crippen LogP contribution in [0.5, 0.6) is 11.5 Å². The predicted octanol–water partition coefficient (Wildman–Crippen LogP) is 3.76. The van der Waals surface area contributed by atoms with Gasteiger partial charge in [0.2, 0.25) is 0 Å². The van der Waals surface area contributed by atoms with Gasteiger partial charge in [0.05, 0.1) is 0 Å². The summed E-state index contributed by atoms with van der Waals surface area (Å²) in [5, 5.41) is 2.71. The van der Waals surface area contributed by atoms with E-state index in [1.165, 1.54) is 13.0 Å². The van der Waals surface area contributed by atoms with Gasteiger partial charge in [-0.05, 0) is 49.1 Å². The second-order valence-corrected chi connectivity index (χ2v) is 6.91. The third-order valence-corrected chi connectivity index (χ3v) is 4.74. The monoisotopic (exact) mass is 399 g/mol. The normalized spacial score (nSPS) is 13.8. The van der Waals surface area contributed by atoms with Gasteiger partial charge in [0.25, 0.3) is 5.91 Å². The first-order valence-electron chi connectivity index (χ1n) is 8.78. The van der Waals surface area contributed by atoms with Gasteiger partial charge in [-0.15, -0.1) is 11.8 Å². The quantitative estimate of drug-likeness (QED) is 0.453. The summed E-state index contributed by atoms with van der Waals surface area (Å²) in [5.41, 5.74) is 1.42. The molecule has 0 unspecified atom stereocenters. The summed E-state index contributed by atoms with van der Waals surface area (Å²) >= 11 is 1.65. The summed E-state index contributed by atoms with van der Waals surface area (Å²) in [4.78, 5) is 25.4. The topological polar surface area (TPSA) is 73.9 Å². The number of ether oxygens (including phenoxy) is 3. The first-order valence-corrected chi connectivity index (χ1v) is 10.0. The molecule has 0 saturated heterocycles. The molecule has 7 heteroatoms. The number of rotatable bonds is 6. The van der Waals surface area contributed by atoms with Crippen molar-refractivity contribution >= 4 is 35.4 Å². The first-order chi connectivity index (χ1) is 13.5. The van der Waals surface area contributed by atoms with E-state index in [4.69, 9.17) is 14.2 Å². The van der Waals surface area contributed by atoms with Crippen molar-refractivity contribution in [1.82, 2.24) is 0 Å². The van der Waals surface area contributed by atoms with Gasteiger partial charge in [0, 0.05) is 22.7 Å². The molecule has 28 heavy (non-hydrogen) atoms. The lowest BCUT2D eigenvalue weighted by molar-refractivity contribution is -0.148. The molecule has 0 aliphatic carbocycles. The predicted molar refractivity (Wildman–Crippen MR) is 109 cm³/mol. The van der Waals surface area contributed by atoms with Crippen LogP contribution in [0.3, 0.4) is 0 Å². The molecule has 2 aromatic carbocycles. The number of anilines is 1. The smallest absolute Gasteiger partial charge is 0.331 e. The molecule has 1 atom stereocenters. The lowest BCUT2D eigenvalue weighted by Gasteiger charge is -2.19. The van der Waals surface area contributed by atoms with Gasteiger partial charge in [-0.1, -0.05) is 12.1 Å². The van der Waals surface area contributed by atoms with Crippen LogP contribution in [0.15, 0.2) is 53.4 Å². The Morgan fingerprint density at radius 3 is 2.54 bits per heavy atom. The zero-order valence-electron chi connectivity index (χ0n) is 15.6. The van der Waals surface area contributed by atoms with Gasteiger partial charge in [0.1, 0.15) is 13.2 Å². The molecular weight excluding hydrogens is 378 g/mol. The van der Waals surface area contributed by atoms with Crippen LogP contribution in [0.4, 0.5) is 5.69 Å². The van der Waals surface area contributed by atoms with Crippen molar-refractivity contribution < 1.29 is 23.8 Å². The highest BCUT2D eigenvalue weighted by atomic mass is 32.2. The molecule has 1 N–H and O–H groups in total. The van der Waals surface area contributed by atoms with E-state index in [9.17, 15) is 9.59 Å². The van der Waals surface area contributed by atoms with Crippen molar-refractivity contribution in [3.8, 4) is 11.5 Å². The molecule has 0 fully saturated rings. The van der Waals surface area contributed by atoms with Crippen molar-refractivity contribution in [3.63, 3.8) is 0 Å². The van der Waals surface area contributed by atoms with E-state index in [1.54, 1.807) is 36.0 Å². The third-order valence-electron chi connectivity index (χ3n) is 4.00. The van der Waals surface area contributed by atoms with E-state index < -0.39 is 18.0 Å². The second-order valence-electron chi connectivity index (χ2n) is 6.03. The van der Waals surface area contributed by atoms with Gasteiger partial charge >= 0.3 is 5.97 Å². The first kappa shape index (κ1) is 19.8. The molecule has 0 aromatic heterocycles. The van der Waals surface area contributed by atoms with Crippen LogP contribution in [0.1, 0.15) is 12.5 Å². The van der Waals surface area contributed by atoms with Crippen molar-refractivity contribution in [2.24, 2.45) is 0 Å². The summed E-state index contributed by atoms with van der Waals surface area (Å²) in [7, 11) is 0. The molecule has 3 rings (SSSR count). The zero-order valence-corrected chi connectivity index (χ0v) is 16.5. The maximum atomic E-state index is 12.3. The fourth-order valence-corrected chi connectivity index (χ4v) is 2.92. The standard InChI is InChI=1S/C21H21NO5S/c1-14(27-20(23)10-5-15-3-7-17(28-2)8-4-15)21(24)22-16-6-9-18-19(13-16)26-12-11-25-18/h3-10,13-14H,11-12H2,1-2H3,(H,22,24)/b10-5+/t14-/m0/s1. The summed E-state index contributed by atoms with van der Waals surface area (Å²) < 4.78 is 16.1. The molecule has 146 valence electrons. The number of amides is 1.